The second-order valence-electron chi connectivity index (χ2n) is 11.9. The van der Waals surface area contributed by atoms with Gasteiger partial charge in [-0.3, -0.25) is 19.3 Å². The van der Waals surface area contributed by atoms with Crippen LogP contribution in [-0.4, -0.2) is 89.6 Å². The van der Waals surface area contributed by atoms with E-state index in [1.165, 1.54) is 16.8 Å². The first-order valence-electron chi connectivity index (χ1n) is 15.1. The molecule has 0 spiro atoms. The van der Waals surface area contributed by atoms with E-state index in [0.717, 1.165) is 67.2 Å². The Bertz CT molecular complexity index is 1270. The highest BCUT2D eigenvalue weighted by molar-refractivity contribution is 5.93. The third-order valence-electron chi connectivity index (χ3n) is 9.28. The zero-order chi connectivity index (χ0) is 29.8. The molecule has 1 saturated heterocycles. The summed E-state index contributed by atoms with van der Waals surface area (Å²) in [5.74, 6) is -2.12. The molecule has 224 valence electrons. The van der Waals surface area contributed by atoms with Crippen LogP contribution in [0.5, 0.6) is 0 Å². The van der Waals surface area contributed by atoms with Crippen molar-refractivity contribution in [2.24, 2.45) is 5.92 Å². The lowest BCUT2D eigenvalue weighted by molar-refractivity contribution is -0.152. The highest BCUT2D eigenvalue weighted by atomic mass is 16.6. The fourth-order valence-electron chi connectivity index (χ4n) is 7.01. The number of piperidine rings is 1. The summed E-state index contributed by atoms with van der Waals surface area (Å²) >= 11 is 0. The van der Waals surface area contributed by atoms with E-state index in [4.69, 9.17) is 4.74 Å². The lowest BCUT2D eigenvalue weighted by atomic mass is 9.94. The molecule has 1 saturated carbocycles. The van der Waals surface area contributed by atoms with Gasteiger partial charge < -0.3 is 19.6 Å². The lowest BCUT2D eigenvalue weighted by Crippen LogP contribution is -2.58. The maximum atomic E-state index is 14.1. The fraction of sp³-hybridized carbons (Fsp3) is 0.515. The van der Waals surface area contributed by atoms with Crippen LogP contribution in [0, 0.1) is 5.92 Å². The number of carbonyl (C=O) groups is 4. The maximum absolute atomic E-state index is 14.1. The van der Waals surface area contributed by atoms with Crippen LogP contribution in [0.1, 0.15) is 68.4 Å². The molecule has 0 radical (unpaired) electrons. The van der Waals surface area contributed by atoms with Crippen molar-refractivity contribution in [1.82, 2.24) is 14.7 Å². The van der Waals surface area contributed by atoms with Gasteiger partial charge in [0.05, 0.1) is 6.42 Å². The van der Waals surface area contributed by atoms with Crippen LogP contribution in [0.2, 0.25) is 0 Å². The number of carboxylic acids is 1. The average Bonchev–Trinajstić information content (AvgIpc) is 3.65. The molecule has 0 bridgehead atoms. The molecule has 2 aromatic rings. The summed E-state index contributed by atoms with van der Waals surface area (Å²) in [5.41, 5.74) is 4.46. The van der Waals surface area contributed by atoms with Crippen molar-refractivity contribution in [2.75, 3.05) is 33.8 Å². The molecule has 5 rings (SSSR count). The van der Waals surface area contributed by atoms with Crippen molar-refractivity contribution >= 4 is 23.9 Å². The Hall–Kier alpha value is -3.88. The number of benzene rings is 2. The summed E-state index contributed by atoms with van der Waals surface area (Å²) in [6.45, 7) is 1.25. The van der Waals surface area contributed by atoms with E-state index in [2.05, 4.69) is 24.3 Å². The SMILES string of the molecule is CN(C(=O)OCC1c2ccccc2-c2ccccc21)[C@H](C(=O)N(C)[C@@H](CC(=O)O)C(=O)N1CCCCC1)C1CCCC1. The number of hydrogen-bond acceptors (Lipinski definition) is 5. The first-order chi connectivity index (χ1) is 20.3. The van der Waals surface area contributed by atoms with Gasteiger partial charge in [0.2, 0.25) is 11.8 Å². The third kappa shape index (κ3) is 6.01. The summed E-state index contributed by atoms with van der Waals surface area (Å²) in [7, 11) is 3.07. The van der Waals surface area contributed by atoms with E-state index in [0.29, 0.717) is 13.1 Å². The molecule has 9 nitrogen and oxygen atoms in total. The minimum atomic E-state index is -1.15. The van der Waals surface area contributed by atoms with Gasteiger partial charge in [-0.25, -0.2) is 4.79 Å². The molecule has 9 heteroatoms. The van der Waals surface area contributed by atoms with Gasteiger partial charge in [0.1, 0.15) is 18.7 Å². The van der Waals surface area contributed by atoms with E-state index >= 15 is 0 Å². The Balaban J connectivity index is 1.33. The van der Waals surface area contributed by atoms with E-state index in [-0.39, 0.29) is 24.3 Å². The molecule has 0 unspecified atom stereocenters. The van der Waals surface area contributed by atoms with Gasteiger partial charge in [-0.1, -0.05) is 61.4 Å². The number of likely N-dealkylation sites (tertiary alicyclic amines) is 1. The van der Waals surface area contributed by atoms with Crippen molar-refractivity contribution in [3.8, 4) is 11.1 Å². The number of hydrogen-bond donors (Lipinski definition) is 1. The number of ether oxygens (including phenoxy) is 1. The average molecular weight is 576 g/mol. The van der Waals surface area contributed by atoms with Crippen LogP contribution in [0.15, 0.2) is 48.5 Å². The lowest BCUT2D eigenvalue weighted by Gasteiger charge is -2.38. The van der Waals surface area contributed by atoms with Gasteiger partial charge in [-0.15, -0.1) is 0 Å². The van der Waals surface area contributed by atoms with Crippen molar-refractivity contribution in [1.29, 1.82) is 0 Å². The molecular formula is C33H41N3O6. The molecule has 2 fully saturated rings. The van der Waals surface area contributed by atoms with E-state index in [9.17, 15) is 24.3 Å². The first kappa shape index (κ1) is 29.6. The maximum Gasteiger partial charge on any atom is 0.410 e. The largest absolute Gasteiger partial charge is 0.481 e. The Labute approximate surface area is 247 Å². The molecule has 1 aliphatic heterocycles. The monoisotopic (exact) mass is 575 g/mol. The third-order valence-corrected chi connectivity index (χ3v) is 9.28. The second-order valence-corrected chi connectivity index (χ2v) is 11.9. The summed E-state index contributed by atoms with van der Waals surface area (Å²) in [6.07, 6.45) is 5.10. The van der Waals surface area contributed by atoms with Crippen LogP contribution in [0.3, 0.4) is 0 Å². The molecule has 2 aromatic carbocycles. The minimum absolute atomic E-state index is 0.0963. The molecule has 3 aliphatic rings. The highest BCUT2D eigenvalue weighted by Crippen LogP contribution is 2.44. The minimum Gasteiger partial charge on any atom is -0.481 e. The van der Waals surface area contributed by atoms with Gasteiger partial charge >= 0.3 is 12.1 Å². The number of fused-ring (bicyclic) bond motifs is 3. The van der Waals surface area contributed by atoms with Gasteiger partial charge in [0.15, 0.2) is 0 Å². The predicted octanol–water partition coefficient (Wildman–Crippen LogP) is 4.74. The number of amides is 3. The van der Waals surface area contributed by atoms with Crippen LogP contribution in [-0.2, 0) is 19.1 Å². The van der Waals surface area contributed by atoms with Gasteiger partial charge in [0, 0.05) is 33.1 Å². The molecule has 1 heterocycles. The standard InChI is InChI=1S/C33H41N3O6/c1-34(28(20-29(37)38)31(39)36-18-10-3-11-19-36)32(40)30(22-12-4-5-13-22)35(2)33(41)42-21-27-25-16-8-6-14-23(25)24-15-7-9-17-26(24)27/h6-9,14-17,22,27-28,30H,3-5,10-13,18-21H2,1-2H3,(H,37,38)/t28-,30-/m0/s1. The molecular weight excluding hydrogens is 534 g/mol. The Morgan fingerprint density at radius 1 is 0.857 bits per heavy atom. The Morgan fingerprint density at radius 2 is 1.43 bits per heavy atom. The molecule has 0 aromatic heterocycles. The second kappa shape index (κ2) is 13.0. The zero-order valence-corrected chi connectivity index (χ0v) is 24.5. The first-order valence-corrected chi connectivity index (χ1v) is 15.1. The van der Waals surface area contributed by atoms with Gasteiger partial charge in [-0.05, 0) is 60.3 Å². The summed E-state index contributed by atoms with van der Waals surface area (Å²) in [5, 5.41) is 9.63. The predicted molar refractivity (Wildman–Crippen MR) is 158 cm³/mol. The van der Waals surface area contributed by atoms with Crippen molar-refractivity contribution in [2.45, 2.75) is 69.4 Å². The smallest absolute Gasteiger partial charge is 0.410 e. The fourth-order valence-corrected chi connectivity index (χ4v) is 7.01. The van der Waals surface area contributed by atoms with Crippen LogP contribution >= 0.6 is 0 Å². The van der Waals surface area contributed by atoms with Crippen molar-refractivity contribution < 1.29 is 29.0 Å². The van der Waals surface area contributed by atoms with Gasteiger partial charge in [-0.2, -0.15) is 0 Å². The Kier molecular flexibility index (Phi) is 9.14. The number of likely N-dealkylation sites (N-methyl/N-ethyl adjacent to an activating group) is 2. The van der Waals surface area contributed by atoms with Crippen LogP contribution in [0.25, 0.3) is 11.1 Å². The quantitative estimate of drug-likeness (QED) is 0.463. The molecule has 42 heavy (non-hydrogen) atoms. The number of carboxylic acid groups (broad SMARTS) is 1. The van der Waals surface area contributed by atoms with Crippen molar-refractivity contribution in [3.63, 3.8) is 0 Å². The highest BCUT2D eigenvalue weighted by Gasteiger charge is 2.42. The van der Waals surface area contributed by atoms with Crippen molar-refractivity contribution in [3.05, 3.63) is 59.7 Å². The van der Waals surface area contributed by atoms with Crippen LogP contribution < -0.4 is 0 Å². The summed E-state index contributed by atoms with van der Waals surface area (Å²) < 4.78 is 5.89. The summed E-state index contributed by atoms with van der Waals surface area (Å²) in [4.78, 5) is 57.2. The molecule has 3 amide bonds. The van der Waals surface area contributed by atoms with E-state index in [1.54, 1.807) is 11.9 Å². The number of aliphatic carboxylic acids is 1. The molecule has 1 N–H and O–H groups in total. The molecule has 2 atom stereocenters. The number of nitrogens with zero attached hydrogens (tertiary/aromatic N) is 3. The zero-order valence-electron chi connectivity index (χ0n) is 24.5. The van der Waals surface area contributed by atoms with E-state index < -0.39 is 36.5 Å². The topological polar surface area (TPSA) is 107 Å². The van der Waals surface area contributed by atoms with Gasteiger partial charge in [0.25, 0.3) is 0 Å². The number of rotatable bonds is 9. The van der Waals surface area contributed by atoms with E-state index in [1.807, 2.05) is 24.3 Å². The molecule has 2 aliphatic carbocycles. The normalized spacial score (nSPS) is 18.1. The van der Waals surface area contributed by atoms with Crippen LogP contribution in [0.4, 0.5) is 4.79 Å². The summed E-state index contributed by atoms with van der Waals surface area (Å²) in [6, 6.07) is 14.2. The number of carbonyl (C=O) groups excluding carboxylic acids is 3. The Morgan fingerprint density at radius 3 is 2.00 bits per heavy atom.